The molecule has 1 fully saturated rings. The molecule has 22 heavy (non-hydrogen) atoms. The van der Waals surface area contributed by atoms with Crippen LogP contribution in [0.5, 0.6) is 0 Å². The van der Waals surface area contributed by atoms with Crippen LogP contribution in [0.3, 0.4) is 0 Å². The van der Waals surface area contributed by atoms with E-state index in [1.54, 1.807) is 15.8 Å². The monoisotopic (exact) mass is 300 g/mol. The number of aryl methyl sites for hydroxylation is 1. The average molecular weight is 300 g/mol. The molecule has 0 radical (unpaired) electrons. The van der Waals surface area contributed by atoms with E-state index in [0.29, 0.717) is 24.7 Å². The SMILES string of the molecule is Cc1ccc(-n2cc(C(=O)N3CCC(CO)CC3)nn2)cc1. The Labute approximate surface area is 129 Å². The van der Waals surface area contributed by atoms with Crippen molar-refractivity contribution in [3.63, 3.8) is 0 Å². The summed E-state index contributed by atoms with van der Waals surface area (Å²) in [6, 6.07) is 7.90. The van der Waals surface area contributed by atoms with Crippen LogP contribution in [-0.4, -0.2) is 50.6 Å². The van der Waals surface area contributed by atoms with Crippen molar-refractivity contribution in [3.05, 3.63) is 41.7 Å². The molecule has 116 valence electrons. The van der Waals surface area contributed by atoms with Gasteiger partial charge in [0.2, 0.25) is 0 Å². The number of hydrogen-bond donors (Lipinski definition) is 1. The van der Waals surface area contributed by atoms with E-state index in [2.05, 4.69) is 10.3 Å². The molecule has 1 N–H and O–H groups in total. The Kier molecular flexibility index (Phi) is 4.20. The highest BCUT2D eigenvalue weighted by molar-refractivity contribution is 5.92. The number of aromatic nitrogens is 3. The number of likely N-dealkylation sites (tertiary alicyclic amines) is 1. The minimum atomic E-state index is -0.0882. The number of piperidine rings is 1. The smallest absolute Gasteiger partial charge is 0.276 e. The second kappa shape index (κ2) is 6.27. The summed E-state index contributed by atoms with van der Waals surface area (Å²) in [4.78, 5) is 14.2. The second-order valence-electron chi connectivity index (χ2n) is 5.80. The molecule has 0 spiro atoms. The zero-order valence-corrected chi connectivity index (χ0v) is 12.6. The average Bonchev–Trinajstić information content (AvgIpc) is 3.05. The van der Waals surface area contributed by atoms with Gasteiger partial charge in [-0.15, -0.1) is 5.10 Å². The predicted molar refractivity (Wildman–Crippen MR) is 81.8 cm³/mol. The van der Waals surface area contributed by atoms with E-state index >= 15 is 0 Å². The molecule has 0 aliphatic carbocycles. The standard InChI is InChI=1S/C16H20N4O2/c1-12-2-4-14(5-3-12)20-10-15(17-18-20)16(22)19-8-6-13(11-21)7-9-19/h2-5,10,13,21H,6-9,11H2,1H3. The Morgan fingerprint density at radius 2 is 1.95 bits per heavy atom. The van der Waals surface area contributed by atoms with Crippen molar-refractivity contribution < 1.29 is 9.90 Å². The van der Waals surface area contributed by atoms with Gasteiger partial charge in [0.05, 0.1) is 11.9 Å². The number of carbonyl (C=O) groups excluding carboxylic acids is 1. The number of hydrogen-bond acceptors (Lipinski definition) is 4. The summed E-state index contributed by atoms with van der Waals surface area (Å²) in [5.41, 5.74) is 2.42. The zero-order chi connectivity index (χ0) is 15.5. The van der Waals surface area contributed by atoms with Crippen LogP contribution < -0.4 is 0 Å². The maximum atomic E-state index is 12.4. The van der Waals surface area contributed by atoms with Gasteiger partial charge in [-0.2, -0.15) is 0 Å². The van der Waals surface area contributed by atoms with E-state index in [1.807, 2.05) is 31.2 Å². The molecule has 1 aliphatic heterocycles. The van der Waals surface area contributed by atoms with Gasteiger partial charge in [-0.05, 0) is 37.8 Å². The number of carbonyl (C=O) groups is 1. The van der Waals surface area contributed by atoms with Crippen molar-refractivity contribution in [3.8, 4) is 5.69 Å². The molecule has 6 heteroatoms. The van der Waals surface area contributed by atoms with Crippen LogP contribution in [0.2, 0.25) is 0 Å². The first-order chi connectivity index (χ1) is 10.7. The maximum absolute atomic E-state index is 12.4. The minimum Gasteiger partial charge on any atom is -0.396 e. The highest BCUT2D eigenvalue weighted by Crippen LogP contribution is 2.18. The van der Waals surface area contributed by atoms with Crippen LogP contribution in [-0.2, 0) is 0 Å². The van der Waals surface area contributed by atoms with Gasteiger partial charge in [-0.3, -0.25) is 4.79 Å². The van der Waals surface area contributed by atoms with Crippen molar-refractivity contribution in [2.24, 2.45) is 5.92 Å². The van der Waals surface area contributed by atoms with Crippen LogP contribution in [0, 0.1) is 12.8 Å². The van der Waals surface area contributed by atoms with E-state index in [4.69, 9.17) is 5.11 Å². The predicted octanol–water partition coefficient (Wildman–Crippen LogP) is 1.42. The van der Waals surface area contributed by atoms with Crippen LogP contribution in [0.25, 0.3) is 5.69 Å². The molecule has 2 heterocycles. The Hall–Kier alpha value is -2.21. The largest absolute Gasteiger partial charge is 0.396 e. The van der Waals surface area contributed by atoms with Crippen molar-refractivity contribution in [1.29, 1.82) is 0 Å². The summed E-state index contributed by atoms with van der Waals surface area (Å²) < 4.78 is 1.62. The molecule has 1 aromatic carbocycles. The summed E-state index contributed by atoms with van der Waals surface area (Å²) in [6.45, 7) is 3.56. The van der Waals surface area contributed by atoms with Crippen molar-refractivity contribution in [1.82, 2.24) is 19.9 Å². The van der Waals surface area contributed by atoms with Crippen LogP contribution in [0.15, 0.2) is 30.5 Å². The molecule has 3 rings (SSSR count). The molecule has 2 aromatic rings. The van der Waals surface area contributed by atoms with Gasteiger partial charge in [0.25, 0.3) is 5.91 Å². The van der Waals surface area contributed by atoms with Crippen molar-refractivity contribution in [2.45, 2.75) is 19.8 Å². The maximum Gasteiger partial charge on any atom is 0.276 e. The fourth-order valence-electron chi connectivity index (χ4n) is 2.67. The fourth-order valence-corrected chi connectivity index (χ4v) is 2.67. The van der Waals surface area contributed by atoms with Gasteiger partial charge in [0, 0.05) is 19.7 Å². The molecule has 0 atom stereocenters. The quantitative estimate of drug-likeness (QED) is 0.930. The number of aliphatic hydroxyl groups is 1. The highest BCUT2D eigenvalue weighted by Gasteiger charge is 2.25. The minimum absolute atomic E-state index is 0.0882. The second-order valence-corrected chi connectivity index (χ2v) is 5.80. The Morgan fingerprint density at radius 3 is 2.59 bits per heavy atom. The van der Waals surface area contributed by atoms with Gasteiger partial charge >= 0.3 is 0 Å². The van der Waals surface area contributed by atoms with E-state index in [9.17, 15) is 4.79 Å². The number of benzene rings is 1. The lowest BCUT2D eigenvalue weighted by atomic mass is 9.98. The normalized spacial score (nSPS) is 16.0. The molecule has 1 aliphatic rings. The number of aliphatic hydroxyl groups excluding tert-OH is 1. The highest BCUT2D eigenvalue weighted by atomic mass is 16.3. The van der Waals surface area contributed by atoms with Crippen LogP contribution in [0.1, 0.15) is 28.9 Å². The van der Waals surface area contributed by atoms with Crippen LogP contribution in [0.4, 0.5) is 0 Å². The number of amides is 1. The van der Waals surface area contributed by atoms with Gasteiger partial charge in [-0.1, -0.05) is 22.9 Å². The molecule has 0 saturated carbocycles. The lowest BCUT2D eigenvalue weighted by molar-refractivity contribution is 0.0645. The molecule has 0 bridgehead atoms. The Morgan fingerprint density at radius 1 is 1.27 bits per heavy atom. The first-order valence-electron chi connectivity index (χ1n) is 7.57. The Balaban J connectivity index is 1.71. The van der Waals surface area contributed by atoms with Gasteiger partial charge < -0.3 is 10.0 Å². The summed E-state index contributed by atoms with van der Waals surface area (Å²) in [5.74, 6) is 0.224. The van der Waals surface area contributed by atoms with Crippen molar-refractivity contribution >= 4 is 5.91 Å². The van der Waals surface area contributed by atoms with Crippen molar-refractivity contribution in [2.75, 3.05) is 19.7 Å². The van der Waals surface area contributed by atoms with E-state index in [-0.39, 0.29) is 12.5 Å². The Bertz CT molecular complexity index is 642. The van der Waals surface area contributed by atoms with E-state index in [1.165, 1.54) is 5.56 Å². The molecular formula is C16H20N4O2. The third kappa shape index (κ3) is 3.01. The van der Waals surface area contributed by atoms with E-state index < -0.39 is 0 Å². The van der Waals surface area contributed by atoms with Gasteiger partial charge in [-0.25, -0.2) is 4.68 Å². The molecule has 1 aromatic heterocycles. The molecule has 1 amide bonds. The third-order valence-electron chi connectivity index (χ3n) is 4.17. The summed E-state index contributed by atoms with van der Waals surface area (Å²) in [6.07, 6.45) is 3.35. The molecular weight excluding hydrogens is 280 g/mol. The molecule has 6 nitrogen and oxygen atoms in total. The third-order valence-corrected chi connectivity index (χ3v) is 4.17. The molecule has 1 saturated heterocycles. The number of rotatable bonds is 3. The first-order valence-corrected chi connectivity index (χ1v) is 7.57. The zero-order valence-electron chi connectivity index (χ0n) is 12.6. The lowest BCUT2D eigenvalue weighted by Gasteiger charge is -2.30. The fraction of sp³-hybridized carbons (Fsp3) is 0.438. The summed E-state index contributed by atoms with van der Waals surface area (Å²) in [5, 5.41) is 17.2. The van der Waals surface area contributed by atoms with Gasteiger partial charge in [0.1, 0.15) is 0 Å². The first kappa shape index (κ1) is 14.7. The lowest BCUT2D eigenvalue weighted by Crippen LogP contribution is -2.39. The summed E-state index contributed by atoms with van der Waals surface area (Å²) >= 11 is 0. The topological polar surface area (TPSA) is 71.2 Å². The van der Waals surface area contributed by atoms with E-state index in [0.717, 1.165) is 18.5 Å². The molecule has 0 unspecified atom stereocenters. The van der Waals surface area contributed by atoms with Crippen LogP contribution >= 0.6 is 0 Å². The van der Waals surface area contributed by atoms with Gasteiger partial charge in [0.15, 0.2) is 5.69 Å². The summed E-state index contributed by atoms with van der Waals surface area (Å²) in [7, 11) is 0. The number of nitrogens with zero attached hydrogens (tertiary/aromatic N) is 4.